The van der Waals surface area contributed by atoms with E-state index in [-0.39, 0.29) is 0 Å². The van der Waals surface area contributed by atoms with Crippen LogP contribution in [0.2, 0.25) is 0 Å². The Morgan fingerprint density at radius 1 is 0.875 bits per heavy atom. The van der Waals surface area contributed by atoms with Gasteiger partial charge in [0, 0.05) is 4.47 Å². The number of rotatable bonds is 5. The van der Waals surface area contributed by atoms with Crippen LogP contribution in [-0.4, -0.2) is 5.75 Å². The standard InChI is InChI=1S/C22H21BrS/c23-18-9-10-20-16(14-18)13-17-12-15(6-2-1-5-11-24)19-7-3-4-8-21(19)22(17)20/h3-4,7-10,12,14,24H,1-2,5-6,11,13H2. The van der Waals surface area contributed by atoms with Crippen molar-refractivity contribution < 1.29 is 0 Å². The SMILES string of the molecule is SCCCCCc1cc2c(c3ccccc13)-c1ccc(Br)cc1C2. The van der Waals surface area contributed by atoms with Gasteiger partial charge in [-0.05, 0) is 82.2 Å². The van der Waals surface area contributed by atoms with Gasteiger partial charge in [-0.25, -0.2) is 0 Å². The van der Waals surface area contributed by atoms with Crippen LogP contribution in [0.1, 0.15) is 36.0 Å². The number of fused-ring (bicyclic) bond motifs is 5. The van der Waals surface area contributed by atoms with Crippen molar-refractivity contribution in [1.29, 1.82) is 0 Å². The summed E-state index contributed by atoms with van der Waals surface area (Å²) in [7, 11) is 0. The van der Waals surface area contributed by atoms with E-state index in [1.54, 1.807) is 0 Å². The Bertz CT molecular complexity index is 898. The van der Waals surface area contributed by atoms with E-state index in [1.807, 2.05) is 0 Å². The number of hydrogen-bond acceptors (Lipinski definition) is 1. The van der Waals surface area contributed by atoms with Crippen LogP contribution in [0.5, 0.6) is 0 Å². The molecule has 0 radical (unpaired) electrons. The van der Waals surface area contributed by atoms with E-state index in [4.69, 9.17) is 0 Å². The van der Waals surface area contributed by atoms with Crippen molar-refractivity contribution in [2.24, 2.45) is 0 Å². The maximum absolute atomic E-state index is 4.33. The molecular formula is C22H21BrS. The van der Waals surface area contributed by atoms with E-state index in [1.165, 1.54) is 68.7 Å². The van der Waals surface area contributed by atoms with Crippen molar-refractivity contribution in [2.45, 2.75) is 32.1 Å². The Kier molecular flexibility index (Phi) is 4.69. The highest BCUT2D eigenvalue weighted by atomic mass is 79.9. The van der Waals surface area contributed by atoms with Gasteiger partial charge < -0.3 is 0 Å². The lowest BCUT2D eigenvalue weighted by molar-refractivity contribution is 0.725. The number of benzene rings is 3. The van der Waals surface area contributed by atoms with Gasteiger partial charge in [0.1, 0.15) is 0 Å². The monoisotopic (exact) mass is 396 g/mol. The quantitative estimate of drug-likeness (QED) is 0.277. The first kappa shape index (κ1) is 16.2. The van der Waals surface area contributed by atoms with Crippen molar-refractivity contribution in [3.05, 3.63) is 69.7 Å². The van der Waals surface area contributed by atoms with Gasteiger partial charge >= 0.3 is 0 Å². The zero-order valence-electron chi connectivity index (χ0n) is 13.7. The summed E-state index contributed by atoms with van der Waals surface area (Å²) < 4.78 is 1.17. The first-order chi connectivity index (χ1) is 11.8. The molecule has 0 N–H and O–H groups in total. The van der Waals surface area contributed by atoms with Gasteiger partial charge in [-0.3, -0.25) is 0 Å². The summed E-state index contributed by atoms with van der Waals surface area (Å²) >= 11 is 7.94. The fourth-order valence-electron chi connectivity index (χ4n) is 3.94. The lowest BCUT2D eigenvalue weighted by atomic mass is 9.92. The Balaban J connectivity index is 1.80. The summed E-state index contributed by atoms with van der Waals surface area (Å²) in [5.41, 5.74) is 7.30. The maximum Gasteiger partial charge on any atom is 0.0178 e. The molecule has 0 fully saturated rings. The average Bonchev–Trinajstić information content (AvgIpc) is 2.96. The molecule has 0 nitrogen and oxygen atoms in total. The first-order valence-electron chi connectivity index (χ1n) is 8.71. The van der Waals surface area contributed by atoms with Gasteiger partial charge in [-0.2, -0.15) is 12.6 Å². The fraction of sp³-hybridized carbons (Fsp3) is 0.273. The topological polar surface area (TPSA) is 0 Å². The Hall–Kier alpha value is -1.25. The maximum atomic E-state index is 4.33. The zero-order chi connectivity index (χ0) is 16.5. The smallest absolute Gasteiger partial charge is 0.0178 e. The molecule has 24 heavy (non-hydrogen) atoms. The van der Waals surface area contributed by atoms with Crippen LogP contribution in [0.4, 0.5) is 0 Å². The number of aryl methyl sites for hydroxylation is 1. The van der Waals surface area contributed by atoms with E-state index >= 15 is 0 Å². The minimum Gasteiger partial charge on any atom is -0.179 e. The molecule has 0 heterocycles. The molecule has 122 valence electrons. The van der Waals surface area contributed by atoms with Gasteiger partial charge in [0.25, 0.3) is 0 Å². The molecule has 3 aromatic carbocycles. The van der Waals surface area contributed by atoms with Crippen molar-refractivity contribution in [1.82, 2.24) is 0 Å². The molecule has 1 aliphatic rings. The Morgan fingerprint density at radius 2 is 1.71 bits per heavy atom. The Morgan fingerprint density at radius 3 is 2.54 bits per heavy atom. The van der Waals surface area contributed by atoms with E-state index in [9.17, 15) is 0 Å². The molecule has 3 aromatic rings. The summed E-state index contributed by atoms with van der Waals surface area (Å²) in [6, 6.07) is 18.1. The lowest BCUT2D eigenvalue weighted by Crippen LogP contribution is -1.93. The molecule has 0 atom stereocenters. The molecule has 0 amide bonds. The molecule has 2 heteroatoms. The minimum atomic E-state index is 0.995. The highest BCUT2D eigenvalue weighted by Crippen LogP contribution is 2.43. The third kappa shape index (κ3) is 2.91. The van der Waals surface area contributed by atoms with Crippen molar-refractivity contribution >= 4 is 39.3 Å². The number of thiol groups is 1. The third-order valence-corrected chi connectivity index (χ3v) is 5.84. The van der Waals surface area contributed by atoms with Crippen LogP contribution in [0.15, 0.2) is 53.0 Å². The van der Waals surface area contributed by atoms with Crippen LogP contribution in [0.25, 0.3) is 21.9 Å². The Labute approximate surface area is 157 Å². The van der Waals surface area contributed by atoms with Crippen LogP contribution < -0.4 is 0 Å². The second kappa shape index (κ2) is 6.93. The molecule has 4 rings (SSSR count). The zero-order valence-corrected chi connectivity index (χ0v) is 16.2. The van der Waals surface area contributed by atoms with Crippen molar-refractivity contribution in [3.63, 3.8) is 0 Å². The molecule has 0 aliphatic heterocycles. The van der Waals surface area contributed by atoms with Gasteiger partial charge in [-0.15, -0.1) is 0 Å². The highest BCUT2D eigenvalue weighted by Gasteiger charge is 2.22. The summed E-state index contributed by atoms with van der Waals surface area (Å²) in [6.07, 6.45) is 5.95. The first-order valence-corrected chi connectivity index (χ1v) is 10.1. The van der Waals surface area contributed by atoms with E-state index in [0.29, 0.717) is 0 Å². The van der Waals surface area contributed by atoms with Crippen molar-refractivity contribution in [2.75, 3.05) is 5.75 Å². The van der Waals surface area contributed by atoms with E-state index in [0.717, 1.165) is 12.2 Å². The average molecular weight is 397 g/mol. The molecule has 0 aromatic heterocycles. The number of unbranched alkanes of at least 4 members (excludes halogenated alkanes) is 2. The lowest BCUT2D eigenvalue weighted by Gasteiger charge is -2.12. The highest BCUT2D eigenvalue weighted by molar-refractivity contribution is 9.10. The van der Waals surface area contributed by atoms with Crippen LogP contribution in [0.3, 0.4) is 0 Å². The predicted octanol–water partition coefficient (Wildman–Crippen LogP) is 6.82. The minimum absolute atomic E-state index is 0.995. The predicted molar refractivity (Wildman–Crippen MR) is 111 cm³/mol. The van der Waals surface area contributed by atoms with Crippen LogP contribution >= 0.6 is 28.6 Å². The fourth-order valence-corrected chi connectivity index (χ4v) is 4.57. The molecule has 0 bridgehead atoms. The molecular weight excluding hydrogens is 376 g/mol. The number of hydrogen-bond donors (Lipinski definition) is 1. The van der Waals surface area contributed by atoms with Crippen molar-refractivity contribution in [3.8, 4) is 11.1 Å². The van der Waals surface area contributed by atoms with E-state index in [2.05, 4.69) is 77.1 Å². The van der Waals surface area contributed by atoms with Crippen LogP contribution in [-0.2, 0) is 12.8 Å². The second-order valence-corrected chi connectivity index (χ2v) is 7.99. The summed E-state index contributed by atoms with van der Waals surface area (Å²) in [5, 5.41) is 2.85. The van der Waals surface area contributed by atoms with Gasteiger partial charge in [0.2, 0.25) is 0 Å². The number of halogens is 1. The largest absolute Gasteiger partial charge is 0.179 e. The summed E-state index contributed by atoms with van der Waals surface area (Å²) in [4.78, 5) is 0. The van der Waals surface area contributed by atoms with Gasteiger partial charge in [0.05, 0.1) is 0 Å². The third-order valence-electron chi connectivity index (χ3n) is 5.03. The normalized spacial score (nSPS) is 12.4. The molecule has 0 unspecified atom stereocenters. The molecule has 0 saturated heterocycles. The van der Waals surface area contributed by atoms with E-state index < -0.39 is 0 Å². The molecule has 1 aliphatic carbocycles. The second-order valence-electron chi connectivity index (χ2n) is 6.63. The summed E-state index contributed by atoms with van der Waals surface area (Å²) in [6.45, 7) is 0. The van der Waals surface area contributed by atoms with Crippen LogP contribution in [0, 0.1) is 0 Å². The molecule has 0 saturated carbocycles. The summed E-state index contributed by atoms with van der Waals surface area (Å²) in [5.74, 6) is 0.995. The van der Waals surface area contributed by atoms with Gasteiger partial charge in [-0.1, -0.05) is 58.7 Å². The van der Waals surface area contributed by atoms with Gasteiger partial charge in [0.15, 0.2) is 0 Å². The molecule has 0 spiro atoms.